The number of nitrogens with one attached hydrogen (secondary N) is 1. The monoisotopic (exact) mass is 591 g/mol. The van der Waals surface area contributed by atoms with Crippen LogP contribution >= 0.6 is 0 Å². The Morgan fingerprint density at radius 1 is 0.927 bits per heavy atom. The molecule has 210 valence electrons. The van der Waals surface area contributed by atoms with Gasteiger partial charge in [-0.05, 0) is 42.8 Å². The van der Waals surface area contributed by atoms with Crippen molar-refractivity contribution in [3.8, 4) is 5.75 Å². The van der Waals surface area contributed by atoms with Gasteiger partial charge in [-0.2, -0.15) is 16.9 Å². The van der Waals surface area contributed by atoms with Crippen molar-refractivity contribution in [3.05, 3.63) is 112 Å². The second kappa shape index (κ2) is 10.9. The maximum Gasteiger partial charge on any atom is 0.296 e. The number of benzene rings is 4. The van der Waals surface area contributed by atoms with Crippen molar-refractivity contribution in [2.24, 2.45) is 0 Å². The fourth-order valence-corrected chi connectivity index (χ4v) is 5.81. The minimum atomic E-state index is -4.83. The van der Waals surface area contributed by atoms with Gasteiger partial charge < -0.3 is 15.2 Å². The van der Waals surface area contributed by atoms with Gasteiger partial charge in [-0.25, -0.2) is 0 Å². The average molecular weight is 592 g/mol. The summed E-state index contributed by atoms with van der Waals surface area (Å²) < 4.78 is 53.7. The molecule has 5 rings (SSSR count). The number of hydrogen-bond donors (Lipinski definition) is 3. The first-order valence-corrected chi connectivity index (χ1v) is 14.8. The molecule has 4 aromatic carbocycles. The van der Waals surface area contributed by atoms with Gasteiger partial charge in [0.15, 0.2) is 11.6 Å². The smallest absolute Gasteiger partial charge is 0.296 e. The van der Waals surface area contributed by atoms with Crippen molar-refractivity contribution in [1.82, 2.24) is 4.31 Å². The number of anilines is 3. The third kappa shape index (κ3) is 5.63. The zero-order chi connectivity index (χ0) is 29.5. The van der Waals surface area contributed by atoms with Crippen LogP contribution in [0.15, 0.2) is 83.8 Å². The Kier molecular flexibility index (Phi) is 7.49. The lowest BCUT2D eigenvalue weighted by molar-refractivity contribution is 0.0980. The van der Waals surface area contributed by atoms with Gasteiger partial charge in [0.2, 0.25) is 0 Å². The van der Waals surface area contributed by atoms with Crippen molar-refractivity contribution >= 4 is 50.0 Å². The lowest BCUT2D eigenvalue weighted by Crippen LogP contribution is -2.25. The summed E-state index contributed by atoms with van der Waals surface area (Å²) in [6.07, 6.45) is 0. The molecule has 1 atom stereocenters. The van der Waals surface area contributed by atoms with Crippen LogP contribution < -0.4 is 15.2 Å². The van der Waals surface area contributed by atoms with Crippen molar-refractivity contribution in [1.29, 1.82) is 0 Å². The number of hydrogen-bond acceptors (Lipinski definition) is 8. The van der Waals surface area contributed by atoms with Crippen LogP contribution in [-0.4, -0.2) is 40.1 Å². The normalized spacial score (nSPS) is 13.5. The number of aryl methyl sites for hydroxylation is 1. The summed E-state index contributed by atoms with van der Waals surface area (Å²) in [6.45, 7) is 2.23. The molecule has 0 saturated heterocycles. The number of ketones is 2. The topological polar surface area (TPSA) is 156 Å². The van der Waals surface area contributed by atoms with Gasteiger partial charge in [0.1, 0.15) is 10.6 Å². The van der Waals surface area contributed by atoms with Gasteiger partial charge in [0.05, 0.1) is 22.5 Å². The first-order valence-electron chi connectivity index (χ1n) is 12.3. The fraction of sp³-hybridized carbons (Fsp3) is 0.103. The Morgan fingerprint density at radius 2 is 1.51 bits per heavy atom. The van der Waals surface area contributed by atoms with E-state index in [1.165, 1.54) is 16.4 Å². The zero-order valence-corrected chi connectivity index (χ0v) is 23.6. The van der Waals surface area contributed by atoms with E-state index in [1.54, 1.807) is 55.6 Å². The van der Waals surface area contributed by atoms with Gasteiger partial charge in [-0.1, -0.05) is 54.1 Å². The summed E-state index contributed by atoms with van der Waals surface area (Å²) in [4.78, 5) is 26.1. The molecule has 12 heteroatoms. The minimum Gasteiger partial charge on any atom is -0.397 e. The molecule has 0 saturated carbocycles. The average Bonchev–Trinajstić information content (AvgIpc) is 2.94. The molecule has 1 unspecified atom stereocenters. The van der Waals surface area contributed by atoms with Gasteiger partial charge in [0.25, 0.3) is 21.4 Å². The highest BCUT2D eigenvalue weighted by atomic mass is 32.2. The Hall–Kier alpha value is -4.36. The molecule has 10 nitrogen and oxygen atoms in total. The van der Waals surface area contributed by atoms with Crippen LogP contribution in [0.25, 0.3) is 0 Å². The number of carbonyl (C=O) groups excluding carboxylic acids is 2. The number of nitrogens with two attached hydrogens (primary N) is 1. The van der Waals surface area contributed by atoms with E-state index in [2.05, 4.69) is 5.32 Å². The second-order valence-corrected chi connectivity index (χ2v) is 12.1. The summed E-state index contributed by atoms with van der Waals surface area (Å²) in [5.74, 6) is -0.659. The highest BCUT2D eigenvalue weighted by Gasteiger charge is 2.36. The first kappa shape index (κ1) is 28.2. The van der Waals surface area contributed by atoms with E-state index in [0.29, 0.717) is 11.4 Å². The molecular weight excluding hydrogens is 566 g/mol. The van der Waals surface area contributed by atoms with E-state index < -0.39 is 43.5 Å². The Balaban J connectivity index is 1.42. The van der Waals surface area contributed by atoms with E-state index >= 15 is 0 Å². The van der Waals surface area contributed by atoms with Crippen LogP contribution in [0, 0.1) is 6.92 Å². The third-order valence-corrected chi connectivity index (χ3v) is 8.43. The number of nitrogen functional groups attached to an aromatic ring is 1. The fourth-order valence-electron chi connectivity index (χ4n) is 4.50. The van der Waals surface area contributed by atoms with Crippen LogP contribution in [0.2, 0.25) is 0 Å². The molecule has 0 spiro atoms. The van der Waals surface area contributed by atoms with E-state index in [1.807, 2.05) is 19.1 Å². The number of fused-ring (bicyclic) bond motifs is 2. The first-order chi connectivity index (χ1) is 19.4. The molecule has 4 aromatic rings. The maximum absolute atomic E-state index is 13.5. The van der Waals surface area contributed by atoms with Crippen LogP contribution in [-0.2, 0) is 27.9 Å². The van der Waals surface area contributed by atoms with Crippen LogP contribution in [0.3, 0.4) is 0 Å². The van der Waals surface area contributed by atoms with E-state index in [9.17, 15) is 26.8 Å². The van der Waals surface area contributed by atoms with Crippen molar-refractivity contribution < 1.29 is 31.0 Å². The number of carbonyl (C=O) groups is 2. The van der Waals surface area contributed by atoms with Crippen LogP contribution in [0.4, 0.5) is 17.1 Å². The molecule has 0 radical (unpaired) electrons. The van der Waals surface area contributed by atoms with E-state index in [0.717, 1.165) is 17.2 Å². The summed E-state index contributed by atoms with van der Waals surface area (Å²) in [5, 5.41) is 2.99. The van der Waals surface area contributed by atoms with E-state index in [4.69, 9.17) is 9.92 Å². The molecule has 0 aromatic heterocycles. The predicted molar refractivity (Wildman–Crippen MR) is 155 cm³/mol. The SMILES string of the molecule is Cc1ccc(OS(=O)N(C)Cc2ccc(Nc3cc(S(=O)(=O)O)c(N)c4c3C(=O)c3ccccc3C4=O)cc2)cc1. The molecule has 0 fully saturated rings. The van der Waals surface area contributed by atoms with Crippen LogP contribution in [0.5, 0.6) is 5.75 Å². The molecule has 4 N–H and O–H groups in total. The summed E-state index contributed by atoms with van der Waals surface area (Å²) in [5.41, 5.74) is 7.69. The molecular formula is C29H25N3O7S2. The summed E-state index contributed by atoms with van der Waals surface area (Å²) in [7, 11) is -3.18. The third-order valence-electron chi connectivity index (χ3n) is 6.56. The molecule has 1 aliphatic carbocycles. The van der Waals surface area contributed by atoms with Gasteiger partial charge in [-0.3, -0.25) is 14.1 Å². The Labute approximate surface area is 239 Å². The Bertz CT molecular complexity index is 1820. The zero-order valence-electron chi connectivity index (χ0n) is 22.0. The van der Waals surface area contributed by atoms with Crippen molar-refractivity contribution in [2.75, 3.05) is 18.1 Å². The molecule has 41 heavy (non-hydrogen) atoms. The highest BCUT2D eigenvalue weighted by molar-refractivity contribution is 7.86. The van der Waals surface area contributed by atoms with Crippen molar-refractivity contribution in [2.45, 2.75) is 18.4 Å². The molecule has 0 amide bonds. The quantitative estimate of drug-likeness (QED) is 0.175. The number of rotatable bonds is 8. The predicted octanol–water partition coefficient (Wildman–Crippen LogP) is 4.43. The second-order valence-electron chi connectivity index (χ2n) is 9.49. The van der Waals surface area contributed by atoms with E-state index in [-0.39, 0.29) is 34.5 Å². The van der Waals surface area contributed by atoms with Gasteiger partial charge >= 0.3 is 0 Å². The largest absolute Gasteiger partial charge is 0.397 e. The summed E-state index contributed by atoms with van der Waals surface area (Å²) in [6, 6.07) is 21.2. The van der Waals surface area contributed by atoms with Gasteiger partial charge in [-0.15, -0.1) is 0 Å². The summed E-state index contributed by atoms with van der Waals surface area (Å²) >= 11 is -1.74. The molecule has 0 aliphatic heterocycles. The lowest BCUT2D eigenvalue weighted by Gasteiger charge is -2.23. The molecule has 0 bridgehead atoms. The highest BCUT2D eigenvalue weighted by Crippen LogP contribution is 2.40. The minimum absolute atomic E-state index is 0.00727. The molecule has 0 heterocycles. The van der Waals surface area contributed by atoms with Crippen LogP contribution in [0.1, 0.15) is 43.0 Å². The van der Waals surface area contributed by atoms with Crippen molar-refractivity contribution in [3.63, 3.8) is 0 Å². The number of nitrogens with zero attached hydrogens (tertiary/aromatic N) is 1. The maximum atomic E-state index is 13.5. The lowest BCUT2D eigenvalue weighted by atomic mass is 9.82. The Morgan fingerprint density at radius 3 is 2.10 bits per heavy atom. The standard InChI is InChI=1S/C29H25N3O7S2/c1-17-7-13-20(14-8-17)39-40(35)32(2)16-18-9-11-19(12-10-18)31-23-15-24(41(36,37)38)27(30)26-25(23)28(33)21-5-3-4-6-22(21)29(26)34/h3-15,31H,16,30H2,1-2H3,(H,36,37,38). The molecule has 1 aliphatic rings. The van der Waals surface area contributed by atoms with Gasteiger partial charge in [0, 0.05) is 30.4 Å².